The van der Waals surface area contributed by atoms with Gasteiger partial charge in [0, 0.05) is 43.6 Å². The van der Waals surface area contributed by atoms with Crippen LogP contribution in [0.1, 0.15) is 40.2 Å². The number of carbonyl (C=O) groups is 2. The molecule has 31 heavy (non-hydrogen) atoms. The van der Waals surface area contributed by atoms with Gasteiger partial charge < -0.3 is 9.80 Å². The van der Waals surface area contributed by atoms with Crippen molar-refractivity contribution < 1.29 is 22.8 Å². The lowest BCUT2D eigenvalue weighted by molar-refractivity contribution is -0.161. The summed E-state index contributed by atoms with van der Waals surface area (Å²) in [5.41, 5.74) is 1.98. The van der Waals surface area contributed by atoms with E-state index in [1.807, 2.05) is 4.90 Å². The van der Waals surface area contributed by atoms with Crippen molar-refractivity contribution in [3.8, 4) is 0 Å². The van der Waals surface area contributed by atoms with Crippen LogP contribution in [0.2, 0.25) is 0 Å². The molecule has 1 saturated heterocycles. The molecule has 3 heterocycles. The van der Waals surface area contributed by atoms with Crippen LogP contribution < -0.4 is 4.90 Å². The lowest BCUT2D eigenvalue weighted by atomic mass is 10.0. The summed E-state index contributed by atoms with van der Waals surface area (Å²) in [5, 5.41) is 0. The molecule has 0 spiro atoms. The topological polar surface area (TPSA) is 66.4 Å². The minimum Gasteiger partial charge on any atom is -0.355 e. The summed E-state index contributed by atoms with van der Waals surface area (Å²) < 4.78 is 37.6. The molecule has 0 aromatic carbocycles. The molecule has 0 bridgehead atoms. The Hall–Kier alpha value is -3.23. The molecular weight excluding hydrogens is 409 g/mol. The largest absolute Gasteiger partial charge is 0.397 e. The summed E-state index contributed by atoms with van der Waals surface area (Å²) in [6, 6.07) is 6.79. The molecule has 0 saturated carbocycles. The third-order valence-electron chi connectivity index (χ3n) is 5.08. The predicted octanol–water partition coefficient (Wildman–Crippen LogP) is 3.65. The van der Waals surface area contributed by atoms with E-state index in [0.29, 0.717) is 36.6 Å². The minimum absolute atomic E-state index is 0.166. The molecular formula is C22H23F3N4O2. The maximum absolute atomic E-state index is 13.0. The Morgan fingerprint density at radius 1 is 1.19 bits per heavy atom. The Bertz CT molecular complexity index is 991. The van der Waals surface area contributed by atoms with Crippen LogP contribution in [0.3, 0.4) is 0 Å². The molecule has 1 amide bonds. The molecule has 6 nitrogen and oxygen atoms in total. The lowest BCUT2D eigenvalue weighted by Gasteiger charge is -2.23. The number of hydrogen-bond donors (Lipinski definition) is 0. The summed E-state index contributed by atoms with van der Waals surface area (Å²) in [5.74, 6) is -0.648. The van der Waals surface area contributed by atoms with E-state index < -0.39 is 18.5 Å². The normalized spacial score (nSPS) is 14.8. The molecule has 2 aromatic rings. The molecule has 164 valence electrons. The smallest absolute Gasteiger partial charge is 0.355 e. The Morgan fingerprint density at radius 2 is 1.97 bits per heavy atom. The summed E-state index contributed by atoms with van der Waals surface area (Å²) in [6.45, 7) is 6.71. The van der Waals surface area contributed by atoms with Gasteiger partial charge in [-0.25, -0.2) is 4.98 Å². The summed E-state index contributed by atoms with van der Waals surface area (Å²) >= 11 is 0. The third-order valence-corrected chi connectivity index (χ3v) is 5.08. The Kier molecular flexibility index (Phi) is 6.72. The van der Waals surface area contributed by atoms with Gasteiger partial charge in [0.1, 0.15) is 17.9 Å². The Balaban J connectivity index is 1.75. The van der Waals surface area contributed by atoms with Crippen LogP contribution >= 0.6 is 0 Å². The van der Waals surface area contributed by atoms with Gasteiger partial charge in [-0.2, -0.15) is 13.2 Å². The van der Waals surface area contributed by atoms with Crippen LogP contribution in [0.5, 0.6) is 0 Å². The molecule has 1 aliphatic heterocycles. The number of alkyl halides is 3. The van der Waals surface area contributed by atoms with E-state index in [1.54, 1.807) is 43.5 Å². The molecule has 3 rings (SSSR count). The van der Waals surface area contributed by atoms with Crippen molar-refractivity contribution in [3.05, 3.63) is 59.6 Å². The van der Waals surface area contributed by atoms with Crippen molar-refractivity contribution in [1.29, 1.82) is 0 Å². The van der Waals surface area contributed by atoms with E-state index in [0.717, 1.165) is 5.56 Å². The van der Waals surface area contributed by atoms with Crippen molar-refractivity contribution in [2.75, 3.05) is 31.1 Å². The fraction of sp³-hybridized carbons (Fsp3) is 0.364. The number of pyridine rings is 2. The third kappa shape index (κ3) is 5.68. The first-order valence-electron chi connectivity index (χ1n) is 9.88. The van der Waals surface area contributed by atoms with Crippen LogP contribution in [0, 0.1) is 6.92 Å². The molecule has 0 atom stereocenters. The van der Waals surface area contributed by atoms with Gasteiger partial charge in [-0.3, -0.25) is 14.6 Å². The second-order valence-corrected chi connectivity index (χ2v) is 7.33. The number of carbonyl (C=O) groups excluding carboxylic acids is 2. The highest BCUT2D eigenvalue weighted by Gasteiger charge is 2.34. The van der Waals surface area contributed by atoms with Crippen molar-refractivity contribution in [3.63, 3.8) is 0 Å². The van der Waals surface area contributed by atoms with E-state index in [-0.39, 0.29) is 24.6 Å². The van der Waals surface area contributed by atoms with E-state index in [4.69, 9.17) is 0 Å². The molecule has 1 fully saturated rings. The van der Waals surface area contributed by atoms with Gasteiger partial charge in [-0.05, 0) is 37.1 Å². The molecule has 1 aliphatic rings. The Labute approximate surface area is 178 Å². The number of aryl methyl sites for hydroxylation is 1. The van der Waals surface area contributed by atoms with E-state index in [1.165, 1.54) is 4.90 Å². The summed E-state index contributed by atoms with van der Waals surface area (Å²) in [4.78, 5) is 36.7. The highest BCUT2D eigenvalue weighted by atomic mass is 19.4. The van der Waals surface area contributed by atoms with Crippen molar-refractivity contribution in [2.24, 2.45) is 0 Å². The number of amides is 1. The summed E-state index contributed by atoms with van der Waals surface area (Å²) in [6.07, 6.45) is -2.22. The molecule has 0 radical (unpaired) electrons. The van der Waals surface area contributed by atoms with E-state index in [2.05, 4.69) is 16.5 Å². The first-order valence-corrected chi connectivity index (χ1v) is 9.88. The first-order chi connectivity index (χ1) is 14.7. The zero-order valence-electron chi connectivity index (χ0n) is 17.2. The van der Waals surface area contributed by atoms with Gasteiger partial charge in [0.05, 0.1) is 0 Å². The average molecular weight is 432 g/mol. The number of halogens is 3. The standard InChI is InChI=1S/C22H23F3N4O2/c1-3-16-12-17(15(2)26-14-16)21(31)18-6-4-7-19(27-18)28-8-5-9-29(11-10-28)20(30)13-22(23,24)25/h3-4,6-7,12,14H,1,5,8-11,13H2,2H3. The maximum atomic E-state index is 13.0. The second kappa shape index (κ2) is 9.28. The SMILES string of the molecule is C=Cc1cnc(C)c(C(=O)c2cccc(N3CCCN(C(=O)CC(F)(F)F)CC3)n2)c1. The number of rotatable bonds is 5. The number of anilines is 1. The van der Waals surface area contributed by atoms with Gasteiger partial charge in [-0.15, -0.1) is 0 Å². The zero-order chi connectivity index (χ0) is 22.6. The number of ketones is 1. The number of hydrogen-bond acceptors (Lipinski definition) is 5. The first kappa shape index (κ1) is 22.5. The minimum atomic E-state index is -4.52. The monoisotopic (exact) mass is 432 g/mol. The highest BCUT2D eigenvalue weighted by Crippen LogP contribution is 2.22. The van der Waals surface area contributed by atoms with Gasteiger partial charge in [0.2, 0.25) is 11.7 Å². The molecule has 0 N–H and O–H groups in total. The second-order valence-electron chi connectivity index (χ2n) is 7.33. The maximum Gasteiger partial charge on any atom is 0.397 e. The lowest BCUT2D eigenvalue weighted by Crippen LogP contribution is -2.37. The Morgan fingerprint density at radius 3 is 2.68 bits per heavy atom. The van der Waals surface area contributed by atoms with E-state index >= 15 is 0 Å². The number of aromatic nitrogens is 2. The predicted molar refractivity (Wildman–Crippen MR) is 111 cm³/mol. The number of nitrogens with zero attached hydrogens (tertiary/aromatic N) is 4. The van der Waals surface area contributed by atoms with Crippen molar-refractivity contribution in [1.82, 2.24) is 14.9 Å². The van der Waals surface area contributed by atoms with Crippen LogP contribution in [-0.2, 0) is 4.79 Å². The van der Waals surface area contributed by atoms with Crippen LogP contribution in [-0.4, -0.2) is 58.9 Å². The zero-order valence-corrected chi connectivity index (χ0v) is 17.2. The van der Waals surface area contributed by atoms with Crippen LogP contribution in [0.4, 0.5) is 19.0 Å². The van der Waals surface area contributed by atoms with Gasteiger partial charge in [0.15, 0.2) is 0 Å². The quantitative estimate of drug-likeness (QED) is 0.675. The van der Waals surface area contributed by atoms with Crippen molar-refractivity contribution >= 4 is 23.6 Å². The molecule has 2 aromatic heterocycles. The van der Waals surface area contributed by atoms with Crippen molar-refractivity contribution in [2.45, 2.75) is 25.9 Å². The van der Waals surface area contributed by atoms with Crippen LogP contribution in [0.15, 0.2) is 37.0 Å². The van der Waals surface area contributed by atoms with Gasteiger partial charge in [-0.1, -0.05) is 18.7 Å². The average Bonchev–Trinajstić information content (AvgIpc) is 2.99. The highest BCUT2D eigenvalue weighted by molar-refractivity contribution is 6.08. The van der Waals surface area contributed by atoms with Crippen LogP contribution in [0.25, 0.3) is 6.08 Å². The fourth-order valence-corrected chi connectivity index (χ4v) is 3.43. The summed E-state index contributed by atoms with van der Waals surface area (Å²) in [7, 11) is 0. The molecule has 9 heteroatoms. The molecule has 0 aliphatic carbocycles. The van der Waals surface area contributed by atoms with E-state index in [9.17, 15) is 22.8 Å². The molecule has 0 unspecified atom stereocenters. The fourth-order valence-electron chi connectivity index (χ4n) is 3.43. The van der Waals surface area contributed by atoms with Gasteiger partial charge >= 0.3 is 6.18 Å². The van der Waals surface area contributed by atoms with Gasteiger partial charge in [0.25, 0.3) is 0 Å².